The molecule has 0 saturated carbocycles. The van der Waals surface area contributed by atoms with E-state index in [9.17, 15) is 4.79 Å². The van der Waals surface area contributed by atoms with Crippen molar-refractivity contribution >= 4 is 5.91 Å². The molecule has 148 valence electrons. The molecule has 0 radical (unpaired) electrons. The van der Waals surface area contributed by atoms with Crippen molar-refractivity contribution in [1.29, 1.82) is 0 Å². The molecule has 1 amide bonds. The van der Waals surface area contributed by atoms with Crippen LogP contribution in [0.4, 0.5) is 0 Å². The van der Waals surface area contributed by atoms with Crippen LogP contribution in [0.2, 0.25) is 0 Å². The number of fused-ring (bicyclic) bond motifs is 1. The molecule has 28 heavy (non-hydrogen) atoms. The molecule has 2 aromatic rings. The lowest BCUT2D eigenvalue weighted by Crippen LogP contribution is -2.53. The van der Waals surface area contributed by atoms with Gasteiger partial charge in [-0.05, 0) is 12.1 Å². The molecule has 0 atom stereocenters. The third kappa shape index (κ3) is 3.85. The van der Waals surface area contributed by atoms with Crippen LogP contribution in [0, 0.1) is 0 Å². The van der Waals surface area contributed by atoms with Gasteiger partial charge in [-0.2, -0.15) is 0 Å². The van der Waals surface area contributed by atoms with Crippen molar-refractivity contribution < 1.29 is 14.3 Å². The predicted octanol–water partition coefficient (Wildman–Crippen LogP) is 3.47. The van der Waals surface area contributed by atoms with Gasteiger partial charge in [0.1, 0.15) is 17.1 Å². The van der Waals surface area contributed by atoms with Gasteiger partial charge in [0.15, 0.2) is 0 Å². The molecule has 2 aliphatic rings. The van der Waals surface area contributed by atoms with Crippen molar-refractivity contribution in [2.45, 2.75) is 38.5 Å². The fourth-order valence-electron chi connectivity index (χ4n) is 4.28. The van der Waals surface area contributed by atoms with Crippen LogP contribution in [-0.2, 0) is 17.9 Å². The lowest BCUT2D eigenvalue weighted by Gasteiger charge is -2.42. The van der Waals surface area contributed by atoms with Crippen molar-refractivity contribution in [3.63, 3.8) is 0 Å². The quantitative estimate of drug-likeness (QED) is 0.818. The van der Waals surface area contributed by atoms with E-state index in [1.165, 1.54) is 5.56 Å². The Morgan fingerprint density at radius 2 is 1.82 bits per heavy atom. The topological polar surface area (TPSA) is 42.0 Å². The van der Waals surface area contributed by atoms with Crippen molar-refractivity contribution in [2.75, 3.05) is 26.7 Å². The molecule has 0 bridgehead atoms. The number of hydrogen-bond donors (Lipinski definition) is 0. The van der Waals surface area contributed by atoms with E-state index in [1.54, 1.807) is 14.0 Å². The number of likely N-dealkylation sites (tertiary alicyclic amines) is 1. The van der Waals surface area contributed by atoms with E-state index in [0.717, 1.165) is 49.5 Å². The molecule has 0 aromatic heterocycles. The van der Waals surface area contributed by atoms with Crippen LogP contribution in [0.25, 0.3) is 0 Å². The summed E-state index contributed by atoms with van der Waals surface area (Å²) in [5, 5.41) is 0. The van der Waals surface area contributed by atoms with E-state index in [0.29, 0.717) is 13.1 Å². The number of ether oxygens (including phenoxy) is 2. The van der Waals surface area contributed by atoms with Gasteiger partial charge in [0.2, 0.25) is 5.91 Å². The second kappa shape index (κ2) is 7.84. The van der Waals surface area contributed by atoms with E-state index in [4.69, 9.17) is 9.47 Å². The Morgan fingerprint density at radius 1 is 1.11 bits per heavy atom. The summed E-state index contributed by atoms with van der Waals surface area (Å²) in [4.78, 5) is 16.6. The first-order valence-electron chi connectivity index (χ1n) is 9.95. The molecule has 2 aliphatic heterocycles. The fraction of sp³-hybridized carbons (Fsp3) is 0.435. The molecule has 0 N–H and O–H groups in total. The Labute approximate surface area is 166 Å². The summed E-state index contributed by atoms with van der Waals surface area (Å²) in [7, 11) is 1.72. The van der Waals surface area contributed by atoms with Crippen LogP contribution in [0.3, 0.4) is 0 Å². The molecule has 5 heteroatoms. The minimum absolute atomic E-state index is 0.108. The molecule has 1 fully saturated rings. The van der Waals surface area contributed by atoms with Gasteiger partial charge in [-0.3, -0.25) is 9.69 Å². The highest BCUT2D eigenvalue weighted by Gasteiger charge is 2.41. The predicted molar refractivity (Wildman–Crippen MR) is 108 cm³/mol. The van der Waals surface area contributed by atoms with Gasteiger partial charge >= 0.3 is 0 Å². The van der Waals surface area contributed by atoms with E-state index >= 15 is 0 Å². The van der Waals surface area contributed by atoms with Crippen LogP contribution < -0.4 is 9.47 Å². The Bertz CT molecular complexity index is 843. The average Bonchev–Trinajstić information content (AvgIpc) is 2.87. The van der Waals surface area contributed by atoms with Crippen molar-refractivity contribution in [1.82, 2.24) is 9.80 Å². The summed E-state index contributed by atoms with van der Waals surface area (Å²) < 4.78 is 12.1. The smallest absolute Gasteiger partial charge is 0.219 e. The van der Waals surface area contributed by atoms with Gasteiger partial charge in [-0.25, -0.2) is 0 Å². The number of hydrogen-bond acceptors (Lipinski definition) is 4. The number of carbonyl (C=O) groups excluding carboxylic acids is 1. The Balaban J connectivity index is 1.50. The minimum atomic E-state index is -0.310. The first-order chi connectivity index (χ1) is 13.6. The van der Waals surface area contributed by atoms with Crippen molar-refractivity contribution in [3.8, 4) is 11.5 Å². The van der Waals surface area contributed by atoms with E-state index in [1.807, 2.05) is 35.2 Å². The molecular weight excluding hydrogens is 352 g/mol. The first kappa shape index (κ1) is 18.8. The van der Waals surface area contributed by atoms with Gasteiger partial charge in [0.25, 0.3) is 0 Å². The van der Waals surface area contributed by atoms with Gasteiger partial charge < -0.3 is 14.4 Å². The number of nitrogens with zero attached hydrogens (tertiary/aromatic N) is 2. The minimum Gasteiger partial charge on any atom is -0.496 e. The average molecular weight is 380 g/mol. The summed E-state index contributed by atoms with van der Waals surface area (Å²) in [5.41, 5.74) is 1.99. The number of carbonyl (C=O) groups is 1. The molecule has 0 unspecified atom stereocenters. The third-order valence-corrected chi connectivity index (χ3v) is 5.94. The number of amides is 1. The van der Waals surface area contributed by atoms with Crippen LogP contribution in [-0.4, -0.2) is 48.1 Å². The van der Waals surface area contributed by atoms with Crippen molar-refractivity contribution in [2.24, 2.45) is 0 Å². The van der Waals surface area contributed by atoms with Gasteiger partial charge in [0.05, 0.1) is 13.7 Å². The zero-order valence-corrected chi connectivity index (χ0v) is 16.7. The molecule has 5 nitrogen and oxygen atoms in total. The highest BCUT2D eigenvalue weighted by atomic mass is 16.5. The van der Waals surface area contributed by atoms with Crippen LogP contribution in [0.1, 0.15) is 30.9 Å². The lowest BCUT2D eigenvalue weighted by molar-refractivity contribution is -0.132. The maximum atomic E-state index is 12.2. The van der Waals surface area contributed by atoms with Crippen LogP contribution >= 0.6 is 0 Å². The molecule has 2 aromatic carbocycles. The van der Waals surface area contributed by atoms with E-state index in [-0.39, 0.29) is 11.5 Å². The summed E-state index contributed by atoms with van der Waals surface area (Å²) in [5.74, 6) is 1.96. The zero-order chi connectivity index (χ0) is 19.6. The second-order valence-corrected chi connectivity index (χ2v) is 7.86. The normalized spacial score (nSPS) is 18.9. The van der Waals surface area contributed by atoms with Gasteiger partial charge in [-0.1, -0.05) is 36.4 Å². The highest BCUT2D eigenvalue weighted by molar-refractivity contribution is 5.73. The number of piperidine rings is 1. The number of methoxy groups -OCH3 is 1. The fourth-order valence-corrected chi connectivity index (χ4v) is 4.28. The lowest BCUT2D eigenvalue weighted by atomic mass is 9.90. The Kier molecular flexibility index (Phi) is 5.27. The summed E-state index contributed by atoms with van der Waals surface area (Å²) in [6.45, 7) is 5.67. The summed E-state index contributed by atoms with van der Waals surface area (Å²) in [6.07, 6.45) is 1.81. The number of para-hydroxylation sites is 2. The van der Waals surface area contributed by atoms with Gasteiger partial charge in [-0.15, -0.1) is 0 Å². The Hall–Kier alpha value is -2.53. The highest BCUT2D eigenvalue weighted by Crippen LogP contribution is 2.36. The van der Waals surface area contributed by atoms with E-state index < -0.39 is 0 Å². The molecule has 4 rings (SSSR count). The molecular formula is C23H28N2O3. The monoisotopic (exact) mass is 380 g/mol. The zero-order valence-electron chi connectivity index (χ0n) is 16.7. The van der Waals surface area contributed by atoms with Crippen LogP contribution in [0.15, 0.2) is 48.5 Å². The second-order valence-electron chi connectivity index (χ2n) is 7.86. The summed E-state index contributed by atoms with van der Waals surface area (Å²) in [6, 6.07) is 16.3. The van der Waals surface area contributed by atoms with E-state index in [2.05, 4.69) is 23.1 Å². The SMILES string of the molecule is COc1ccccc1CN1CCC2(CC1)CN(C(C)=O)Cc1ccccc1O2. The molecule has 1 saturated heterocycles. The standard InChI is InChI=1S/C23H28N2O3/c1-18(26)25-16-20-8-4-6-10-22(20)28-23(17-25)11-13-24(14-12-23)15-19-7-3-5-9-21(19)27-2/h3-10H,11-17H2,1-2H3. The van der Waals surface area contributed by atoms with Crippen LogP contribution in [0.5, 0.6) is 11.5 Å². The third-order valence-electron chi connectivity index (χ3n) is 5.94. The number of rotatable bonds is 3. The summed E-state index contributed by atoms with van der Waals surface area (Å²) >= 11 is 0. The number of benzene rings is 2. The molecule has 1 spiro atoms. The Morgan fingerprint density at radius 3 is 2.57 bits per heavy atom. The van der Waals surface area contributed by atoms with Crippen molar-refractivity contribution in [3.05, 3.63) is 59.7 Å². The maximum absolute atomic E-state index is 12.2. The van der Waals surface area contributed by atoms with Gasteiger partial charge in [0, 0.05) is 57.1 Å². The maximum Gasteiger partial charge on any atom is 0.219 e. The largest absolute Gasteiger partial charge is 0.496 e. The first-order valence-corrected chi connectivity index (χ1v) is 9.95. The molecule has 2 heterocycles. The molecule has 0 aliphatic carbocycles.